The van der Waals surface area contributed by atoms with Crippen LogP contribution in [0.15, 0.2) is 0 Å². The molecule has 3 heteroatoms. The smallest absolute Gasteiger partial charge is 0.102 e. The molecule has 0 amide bonds. The van der Waals surface area contributed by atoms with Gasteiger partial charge in [0, 0.05) is 31.2 Å². The molecule has 1 N–H and O–H groups in total. The van der Waals surface area contributed by atoms with Crippen molar-refractivity contribution in [2.45, 2.75) is 64.0 Å². The van der Waals surface area contributed by atoms with Crippen LogP contribution in [0, 0.1) is 5.92 Å². The Labute approximate surface area is 111 Å². The quantitative estimate of drug-likeness (QED) is 0.832. The lowest BCUT2D eigenvalue weighted by Gasteiger charge is -2.50. The summed E-state index contributed by atoms with van der Waals surface area (Å²) in [6, 6.07) is 0.535. The third-order valence-corrected chi connectivity index (χ3v) is 4.66. The summed E-state index contributed by atoms with van der Waals surface area (Å²) in [5.41, 5.74) is 0.306. The second-order valence-corrected chi connectivity index (χ2v) is 6.66. The van der Waals surface area contributed by atoms with Crippen LogP contribution in [0.2, 0.25) is 0 Å². The summed E-state index contributed by atoms with van der Waals surface area (Å²) in [6.07, 6.45) is 7.80. The van der Waals surface area contributed by atoms with Crippen molar-refractivity contribution in [1.82, 2.24) is 10.2 Å². The fourth-order valence-electron chi connectivity index (χ4n) is 3.75. The molecule has 2 aliphatic rings. The van der Waals surface area contributed by atoms with Gasteiger partial charge in [-0.25, -0.2) is 4.39 Å². The van der Waals surface area contributed by atoms with E-state index in [9.17, 15) is 4.39 Å². The van der Waals surface area contributed by atoms with Gasteiger partial charge in [0.05, 0.1) is 0 Å². The first kappa shape index (κ1) is 14.3. The van der Waals surface area contributed by atoms with E-state index >= 15 is 0 Å². The molecular formula is C15H29FN2. The molecule has 1 aliphatic carbocycles. The molecule has 1 atom stereocenters. The summed E-state index contributed by atoms with van der Waals surface area (Å²) in [6.45, 7) is 7.06. The normalized spacial score (nSPS) is 29.0. The minimum Gasteiger partial charge on any atom is -0.308 e. The molecule has 0 aromatic heterocycles. The fourth-order valence-corrected chi connectivity index (χ4v) is 3.75. The first-order valence-electron chi connectivity index (χ1n) is 7.70. The van der Waals surface area contributed by atoms with Crippen molar-refractivity contribution in [2.75, 3.05) is 26.3 Å². The highest BCUT2D eigenvalue weighted by molar-refractivity contribution is 4.99. The van der Waals surface area contributed by atoms with Crippen molar-refractivity contribution in [3.63, 3.8) is 0 Å². The van der Waals surface area contributed by atoms with Gasteiger partial charge in [0.25, 0.3) is 0 Å². The summed E-state index contributed by atoms with van der Waals surface area (Å²) in [4.78, 5) is 2.42. The molecule has 1 saturated carbocycles. The molecular weight excluding hydrogens is 227 g/mol. The van der Waals surface area contributed by atoms with Crippen molar-refractivity contribution in [1.29, 1.82) is 0 Å². The lowest BCUT2D eigenvalue weighted by atomic mass is 9.79. The van der Waals surface area contributed by atoms with Gasteiger partial charge in [0.15, 0.2) is 0 Å². The highest BCUT2D eigenvalue weighted by Gasteiger charge is 2.39. The molecule has 0 radical (unpaired) electrons. The molecule has 1 unspecified atom stereocenters. The van der Waals surface area contributed by atoms with Crippen LogP contribution in [0.3, 0.4) is 0 Å². The standard InChI is InChI=1S/C15H29FN2/c1-13(2)10-14-11-17-15(6-4-3-5-7-15)12-18(14)9-8-16/h13-14,17H,3-12H2,1-2H3. The summed E-state index contributed by atoms with van der Waals surface area (Å²) < 4.78 is 12.8. The third-order valence-electron chi connectivity index (χ3n) is 4.66. The van der Waals surface area contributed by atoms with E-state index < -0.39 is 0 Å². The summed E-state index contributed by atoms with van der Waals surface area (Å²) in [5, 5.41) is 3.81. The Balaban J connectivity index is 1.97. The molecule has 1 spiro atoms. The molecule has 0 aromatic carbocycles. The number of hydrogen-bond acceptors (Lipinski definition) is 2. The number of alkyl halides is 1. The van der Waals surface area contributed by atoms with E-state index in [0.29, 0.717) is 24.0 Å². The molecule has 2 rings (SSSR count). The second kappa shape index (κ2) is 6.33. The highest BCUT2D eigenvalue weighted by atomic mass is 19.1. The molecule has 2 fully saturated rings. The van der Waals surface area contributed by atoms with Crippen LogP contribution in [0.1, 0.15) is 52.4 Å². The lowest BCUT2D eigenvalue weighted by Crippen LogP contribution is -2.65. The van der Waals surface area contributed by atoms with Gasteiger partial charge in [0.2, 0.25) is 0 Å². The largest absolute Gasteiger partial charge is 0.308 e. The highest BCUT2D eigenvalue weighted by Crippen LogP contribution is 2.32. The molecule has 106 valence electrons. The van der Waals surface area contributed by atoms with Gasteiger partial charge in [-0.15, -0.1) is 0 Å². The minimum atomic E-state index is -0.204. The second-order valence-electron chi connectivity index (χ2n) is 6.66. The average Bonchev–Trinajstić information content (AvgIpc) is 2.34. The van der Waals surface area contributed by atoms with Gasteiger partial charge < -0.3 is 5.32 Å². The van der Waals surface area contributed by atoms with E-state index in [-0.39, 0.29) is 6.67 Å². The Morgan fingerprint density at radius 2 is 2.00 bits per heavy atom. The summed E-state index contributed by atoms with van der Waals surface area (Å²) in [7, 11) is 0. The van der Waals surface area contributed by atoms with Crippen LogP contribution in [0.25, 0.3) is 0 Å². The Morgan fingerprint density at radius 3 is 2.61 bits per heavy atom. The molecule has 1 aliphatic heterocycles. The van der Waals surface area contributed by atoms with Crippen molar-refractivity contribution in [3.05, 3.63) is 0 Å². The van der Waals surface area contributed by atoms with Gasteiger partial charge in [0.1, 0.15) is 6.67 Å². The zero-order valence-electron chi connectivity index (χ0n) is 12.1. The number of nitrogens with one attached hydrogen (secondary N) is 1. The number of nitrogens with zero attached hydrogens (tertiary/aromatic N) is 1. The zero-order chi connectivity index (χ0) is 13.0. The molecule has 0 bridgehead atoms. The SMILES string of the molecule is CC(C)CC1CNC2(CCCCC2)CN1CCF. The first-order chi connectivity index (χ1) is 8.65. The zero-order valence-corrected chi connectivity index (χ0v) is 12.1. The van der Waals surface area contributed by atoms with Crippen LogP contribution < -0.4 is 5.32 Å². The number of halogens is 1. The van der Waals surface area contributed by atoms with E-state index in [1.165, 1.54) is 38.5 Å². The Morgan fingerprint density at radius 1 is 1.28 bits per heavy atom. The van der Waals surface area contributed by atoms with E-state index in [0.717, 1.165) is 13.1 Å². The molecule has 1 saturated heterocycles. The van der Waals surface area contributed by atoms with Crippen molar-refractivity contribution < 1.29 is 4.39 Å². The maximum atomic E-state index is 12.8. The van der Waals surface area contributed by atoms with Gasteiger partial charge in [-0.1, -0.05) is 33.1 Å². The fraction of sp³-hybridized carbons (Fsp3) is 1.00. The Bertz CT molecular complexity index is 249. The van der Waals surface area contributed by atoms with Gasteiger partial charge >= 0.3 is 0 Å². The molecule has 1 heterocycles. The Hall–Kier alpha value is -0.150. The molecule has 18 heavy (non-hydrogen) atoms. The van der Waals surface area contributed by atoms with Crippen LogP contribution in [-0.4, -0.2) is 42.8 Å². The molecule has 0 aromatic rings. The van der Waals surface area contributed by atoms with E-state index in [4.69, 9.17) is 0 Å². The van der Waals surface area contributed by atoms with E-state index in [1.54, 1.807) is 0 Å². The monoisotopic (exact) mass is 256 g/mol. The van der Waals surface area contributed by atoms with E-state index in [1.807, 2.05) is 0 Å². The lowest BCUT2D eigenvalue weighted by molar-refractivity contribution is 0.0431. The third kappa shape index (κ3) is 3.45. The van der Waals surface area contributed by atoms with Crippen LogP contribution >= 0.6 is 0 Å². The van der Waals surface area contributed by atoms with Crippen LogP contribution in [0.5, 0.6) is 0 Å². The first-order valence-corrected chi connectivity index (χ1v) is 7.70. The maximum Gasteiger partial charge on any atom is 0.102 e. The predicted octanol–water partition coefficient (Wildman–Crippen LogP) is 2.98. The van der Waals surface area contributed by atoms with Crippen LogP contribution in [0.4, 0.5) is 4.39 Å². The number of hydrogen-bond donors (Lipinski definition) is 1. The van der Waals surface area contributed by atoms with Crippen molar-refractivity contribution in [2.24, 2.45) is 5.92 Å². The van der Waals surface area contributed by atoms with Gasteiger partial charge in [-0.3, -0.25) is 4.90 Å². The molecule has 2 nitrogen and oxygen atoms in total. The van der Waals surface area contributed by atoms with Gasteiger partial charge in [-0.05, 0) is 25.2 Å². The Kier molecular flexibility index (Phi) is 5.02. The maximum absolute atomic E-state index is 12.8. The topological polar surface area (TPSA) is 15.3 Å². The average molecular weight is 256 g/mol. The van der Waals surface area contributed by atoms with Crippen molar-refractivity contribution in [3.8, 4) is 0 Å². The summed E-state index contributed by atoms with van der Waals surface area (Å²) in [5.74, 6) is 0.694. The van der Waals surface area contributed by atoms with E-state index in [2.05, 4.69) is 24.1 Å². The van der Waals surface area contributed by atoms with Crippen molar-refractivity contribution >= 4 is 0 Å². The summed E-state index contributed by atoms with van der Waals surface area (Å²) >= 11 is 0. The van der Waals surface area contributed by atoms with Gasteiger partial charge in [-0.2, -0.15) is 0 Å². The number of piperazine rings is 1. The predicted molar refractivity (Wildman–Crippen MR) is 74.6 cm³/mol. The van der Waals surface area contributed by atoms with Crippen LogP contribution in [-0.2, 0) is 0 Å². The number of rotatable bonds is 4. The minimum absolute atomic E-state index is 0.204.